The lowest BCUT2D eigenvalue weighted by Crippen LogP contribution is -2.42. The lowest BCUT2D eigenvalue weighted by Gasteiger charge is -2.30. The molecule has 0 spiro atoms. The van der Waals surface area contributed by atoms with Crippen LogP contribution >= 0.6 is 11.3 Å². The van der Waals surface area contributed by atoms with Crippen molar-refractivity contribution in [2.24, 2.45) is 0 Å². The van der Waals surface area contributed by atoms with Crippen LogP contribution in [0.1, 0.15) is 64.6 Å². The Morgan fingerprint density at radius 2 is 1.94 bits per heavy atom. The normalized spacial score (nSPS) is 18.1. The van der Waals surface area contributed by atoms with Crippen molar-refractivity contribution in [3.8, 4) is 5.75 Å². The minimum absolute atomic E-state index is 0.0855. The van der Waals surface area contributed by atoms with Gasteiger partial charge in [0.1, 0.15) is 21.6 Å². The van der Waals surface area contributed by atoms with E-state index in [-0.39, 0.29) is 29.9 Å². The van der Waals surface area contributed by atoms with Gasteiger partial charge >= 0.3 is 5.97 Å². The van der Waals surface area contributed by atoms with Crippen LogP contribution < -0.4 is 15.2 Å². The molecule has 0 N–H and O–H groups in total. The number of Topliss-reactive ketones (excluding diaryl/α,β-unsaturated/α-hetero) is 1. The van der Waals surface area contributed by atoms with E-state index in [1.165, 1.54) is 15.8 Å². The summed E-state index contributed by atoms with van der Waals surface area (Å²) in [5, 5.41) is 0.323. The number of hydrogen-bond donors (Lipinski definition) is 0. The van der Waals surface area contributed by atoms with Crippen LogP contribution in [-0.4, -0.2) is 46.5 Å². The van der Waals surface area contributed by atoms with Crippen molar-refractivity contribution in [2.75, 3.05) is 11.9 Å². The number of benzene rings is 1. The van der Waals surface area contributed by atoms with Crippen LogP contribution in [0.2, 0.25) is 0 Å². The molecular formula is C26H27N3O6S. The van der Waals surface area contributed by atoms with Crippen LogP contribution in [0.25, 0.3) is 10.2 Å². The number of carbonyl (C=O) groups excluding carboxylic acids is 3. The maximum atomic E-state index is 13.3. The Balaban J connectivity index is 1.39. The molecule has 2 aromatic heterocycles. The number of likely N-dealkylation sites (N-methyl/N-ethyl adjacent to an activating group) is 1. The Bertz CT molecular complexity index is 1440. The van der Waals surface area contributed by atoms with Crippen LogP contribution in [0.15, 0.2) is 29.3 Å². The van der Waals surface area contributed by atoms with Gasteiger partial charge in [-0.15, -0.1) is 11.3 Å². The van der Waals surface area contributed by atoms with Gasteiger partial charge < -0.3 is 14.4 Å². The molecule has 5 rings (SSSR count). The Kier molecular flexibility index (Phi) is 6.38. The number of esters is 1. The summed E-state index contributed by atoms with van der Waals surface area (Å²) in [4.78, 5) is 58.0. The Morgan fingerprint density at radius 3 is 2.69 bits per heavy atom. The molecule has 0 bridgehead atoms. The van der Waals surface area contributed by atoms with Crippen LogP contribution in [0.3, 0.4) is 0 Å². The number of ketones is 1. The summed E-state index contributed by atoms with van der Waals surface area (Å²) >= 11 is 1.14. The van der Waals surface area contributed by atoms with Crippen LogP contribution in [0.5, 0.6) is 5.75 Å². The van der Waals surface area contributed by atoms with Crippen molar-refractivity contribution in [3.05, 3.63) is 50.9 Å². The first-order valence-corrected chi connectivity index (χ1v) is 12.9. The van der Waals surface area contributed by atoms with E-state index in [1.54, 1.807) is 39.1 Å². The highest BCUT2D eigenvalue weighted by atomic mass is 32.1. The fourth-order valence-electron chi connectivity index (χ4n) is 4.79. The number of aromatic nitrogens is 2. The molecule has 2 aliphatic rings. The van der Waals surface area contributed by atoms with E-state index in [1.807, 2.05) is 0 Å². The number of thiophene rings is 1. The van der Waals surface area contributed by atoms with E-state index < -0.39 is 12.1 Å². The minimum atomic E-state index is -0.598. The van der Waals surface area contributed by atoms with Crippen molar-refractivity contribution < 1.29 is 23.9 Å². The van der Waals surface area contributed by atoms with Crippen molar-refractivity contribution in [3.63, 3.8) is 0 Å². The molecule has 3 heterocycles. The third-order valence-electron chi connectivity index (χ3n) is 6.87. The van der Waals surface area contributed by atoms with Crippen molar-refractivity contribution in [2.45, 2.75) is 64.7 Å². The first-order chi connectivity index (χ1) is 17.2. The zero-order valence-corrected chi connectivity index (χ0v) is 21.2. The standard InChI is InChI=1S/C26H27N3O6S/c1-14-21-23(36-22(14)26(33)35-17-7-5-4-6-8-17)27-13-29(25(21)32)12-19(30)16-9-10-20-18(11-16)28(3)24(31)15(2)34-20/h9-11,13,15,17H,4-8,12H2,1-3H3. The first-order valence-electron chi connectivity index (χ1n) is 12.1. The van der Waals surface area contributed by atoms with Gasteiger partial charge in [-0.3, -0.25) is 19.0 Å². The first kappa shape index (κ1) is 24.2. The second-order valence-corrected chi connectivity index (χ2v) is 10.3. The van der Waals surface area contributed by atoms with Crippen molar-refractivity contribution in [1.29, 1.82) is 0 Å². The van der Waals surface area contributed by atoms with Crippen LogP contribution in [0.4, 0.5) is 5.69 Å². The van der Waals surface area contributed by atoms with Gasteiger partial charge in [0.15, 0.2) is 11.9 Å². The minimum Gasteiger partial charge on any atom is -0.479 e. The van der Waals surface area contributed by atoms with Crippen LogP contribution in [0, 0.1) is 6.92 Å². The number of hydrogen-bond acceptors (Lipinski definition) is 8. The molecule has 1 aliphatic carbocycles. The van der Waals surface area contributed by atoms with Gasteiger partial charge in [-0.1, -0.05) is 6.42 Å². The topological polar surface area (TPSA) is 108 Å². The van der Waals surface area contributed by atoms with Crippen molar-refractivity contribution in [1.82, 2.24) is 9.55 Å². The highest BCUT2D eigenvalue weighted by molar-refractivity contribution is 7.20. The molecule has 1 aromatic carbocycles. The largest absolute Gasteiger partial charge is 0.479 e. The highest BCUT2D eigenvalue weighted by Gasteiger charge is 2.30. The number of anilines is 1. The Labute approximate surface area is 211 Å². The van der Waals surface area contributed by atoms with Crippen molar-refractivity contribution >= 4 is 44.9 Å². The lowest BCUT2D eigenvalue weighted by molar-refractivity contribution is -0.125. The molecule has 1 saturated carbocycles. The molecule has 10 heteroatoms. The average Bonchev–Trinajstić information content (AvgIpc) is 3.22. The zero-order valence-electron chi connectivity index (χ0n) is 20.4. The van der Waals surface area contributed by atoms with E-state index in [0.717, 1.165) is 43.4 Å². The number of aryl methyl sites for hydroxylation is 1. The molecule has 188 valence electrons. The number of carbonyl (C=O) groups is 3. The Hall–Kier alpha value is -3.53. The number of amides is 1. The molecule has 36 heavy (non-hydrogen) atoms. The predicted molar refractivity (Wildman–Crippen MR) is 135 cm³/mol. The molecule has 1 aliphatic heterocycles. The Morgan fingerprint density at radius 1 is 1.19 bits per heavy atom. The quantitative estimate of drug-likeness (QED) is 0.379. The van der Waals surface area contributed by atoms with Gasteiger partial charge in [-0.25, -0.2) is 9.78 Å². The van der Waals surface area contributed by atoms with Gasteiger partial charge in [0.25, 0.3) is 11.5 Å². The fraction of sp³-hybridized carbons (Fsp3) is 0.423. The second kappa shape index (κ2) is 9.50. The molecular weight excluding hydrogens is 482 g/mol. The summed E-state index contributed by atoms with van der Waals surface area (Å²) < 4.78 is 12.5. The number of ether oxygens (including phenoxy) is 2. The maximum absolute atomic E-state index is 13.3. The molecule has 3 aromatic rings. The SMILES string of the molecule is Cc1c(C(=O)OC2CCCCC2)sc2ncn(CC(=O)c3ccc4c(c3)N(C)C(=O)C(C)O4)c(=O)c12. The third kappa shape index (κ3) is 4.30. The monoisotopic (exact) mass is 509 g/mol. The summed E-state index contributed by atoms with van der Waals surface area (Å²) in [7, 11) is 1.63. The molecule has 0 radical (unpaired) electrons. The molecule has 1 atom stereocenters. The number of fused-ring (bicyclic) bond motifs is 2. The van der Waals surface area contributed by atoms with E-state index in [4.69, 9.17) is 9.47 Å². The molecule has 1 amide bonds. The maximum Gasteiger partial charge on any atom is 0.348 e. The highest BCUT2D eigenvalue weighted by Crippen LogP contribution is 2.34. The van der Waals surface area contributed by atoms with Gasteiger partial charge in [0.2, 0.25) is 0 Å². The van der Waals surface area contributed by atoms with E-state index in [0.29, 0.717) is 37.7 Å². The zero-order chi connectivity index (χ0) is 25.6. The average molecular weight is 510 g/mol. The fourth-order valence-corrected chi connectivity index (χ4v) is 5.81. The third-order valence-corrected chi connectivity index (χ3v) is 8.05. The summed E-state index contributed by atoms with van der Waals surface area (Å²) in [6.07, 6.45) is 5.62. The summed E-state index contributed by atoms with van der Waals surface area (Å²) in [6.45, 7) is 3.15. The second-order valence-electron chi connectivity index (χ2n) is 9.34. The lowest BCUT2D eigenvalue weighted by atomic mass is 9.98. The molecule has 9 nitrogen and oxygen atoms in total. The molecule has 1 fully saturated rings. The summed E-state index contributed by atoms with van der Waals surface area (Å²) in [5.74, 6) is -0.425. The number of rotatable bonds is 5. The van der Waals surface area contributed by atoms with Gasteiger partial charge in [-0.2, -0.15) is 0 Å². The smallest absolute Gasteiger partial charge is 0.348 e. The van der Waals surface area contributed by atoms with Crippen LogP contribution in [-0.2, 0) is 16.1 Å². The molecule has 0 saturated heterocycles. The summed E-state index contributed by atoms with van der Waals surface area (Å²) in [6, 6.07) is 4.86. The van der Waals surface area contributed by atoms with E-state index >= 15 is 0 Å². The molecule has 1 unspecified atom stereocenters. The van der Waals surface area contributed by atoms with E-state index in [9.17, 15) is 19.2 Å². The van der Waals surface area contributed by atoms with E-state index in [2.05, 4.69) is 4.98 Å². The predicted octanol–water partition coefficient (Wildman–Crippen LogP) is 3.88. The van der Waals surface area contributed by atoms with Gasteiger partial charge in [-0.05, 0) is 63.3 Å². The van der Waals surface area contributed by atoms with Gasteiger partial charge in [0.05, 0.1) is 23.9 Å². The number of nitrogens with zero attached hydrogens (tertiary/aromatic N) is 3. The van der Waals surface area contributed by atoms with Gasteiger partial charge in [0, 0.05) is 12.6 Å². The summed E-state index contributed by atoms with van der Waals surface area (Å²) in [5.41, 5.74) is 0.980.